The number of nitro groups is 1. The molecule has 0 radical (unpaired) electrons. The highest BCUT2D eigenvalue weighted by Gasteiger charge is 2.24. The van der Waals surface area contributed by atoms with Gasteiger partial charge in [-0.1, -0.05) is 6.92 Å². The van der Waals surface area contributed by atoms with Gasteiger partial charge in [-0.2, -0.15) is 0 Å². The van der Waals surface area contributed by atoms with Crippen molar-refractivity contribution in [1.82, 2.24) is 4.98 Å². The first kappa shape index (κ1) is 15.9. The monoisotopic (exact) mass is 281 g/mol. The third kappa shape index (κ3) is 3.91. The average Bonchev–Trinajstić information content (AvgIpc) is 2.37. The summed E-state index contributed by atoms with van der Waals surface area (Å²) < 4.78 is 4.89. The third-order valence-corrected chi connectivity index (χ3v) is 2.71. The first-order chi connectivity index (χ1) is 9.51. The quantitative estimate of drug-likeness (QED) is 0.432. The molecule has 1 heterocycles. The fraction of sp³-hybridized carbons (Fsp3) is 0.538. The Hall–Kier alpha value is -2.18. The van der Waals surface area contributed by atoms with E-state index >= 15 is 0 Å². The van der Waals surface area contributed by atoms with Crippen LogP contribution in [-0.2, 0) is 9.53 Å². The summed E-state index contributed by atoms with van der Waals surface area (Å²) in [7, 11) is 0. The van der Waals surface area contributed by atoms with Crippen molar-refractivity contribution in [3.05, 3.63) is 27.9 Å². The number of hydrogen-bond acceptors (Lipinski definition) is 6. The van der Waals surface area contributed by atoms with Gasteiger partial charge < -0.3 is 9.64 Å². The van der Waals surface area contributed by atoms with Crippen LogP contribution in [0.15, 0.2) is 12.3 Å². The molecule has 0 unspecified atom stereocenters. The van der Waals surface area contributed by atoms with Gasteiger partial charge in [0.25, 0.3) is 0 Å². The van der Waals surface area contributed by atoms with E-state index in [0.29, 0.717) is 12.1 Å². The maximum atomic E-state index is 11.6. The second kappa shape index (κ2) is 7.42. The van der Waals surface area contributed by atoms with Gasteiger partial charge in [-0.15, -0.1) is 0 Å². The number of hydrogen-bond donors (Lipinski definition) is 0. The minimum atomic E-state index is -0.467. The Morgan fingerprint density at radius 3 is 2.75 bits per heavy atom. The van der Waals surface area contributed by atoms with Gasteiger partial charge in [-0.3, -0.25) is 14.9 Å². The summed E-state index contributed by atoms with van der Waals surface area (Å²) in [6, 6.07) is 1.58. The Kier molecular flexibility index (Phi) is 5.89. The van der Waals surface area contributed by atoms with Crippen LogP contribution in [-0.4, -0.2) is 35.6 Å². The van der Waals surface area contributed by atoms with E-state index in [1.807, 2.05) is 6.92 Å². The van der Waals surface area contributed by atoms with Crippen LogP contribution in [0.4, 0.5) is 11.5 Å². The van der Waals surface area contributed by atoms with Crippen molar-refractivity contribution < 1.29 is 14.5 Å². The van der Waals surface area contributed by atoms with Crippen LogP contribution < -0.4 is 4.90 Å². The van der Waals surface area contributed by atoms with E-state index < -0.39 is 10.9 Å². The molecule has 0 aliphatic rings. The SMILES string of the molecule is CCCN(CC(=O)OCC)c1nccc(C)c1[N+](=O)[O-]. The topological polar surface area (TPSA) is 85.6 Å². The molecule has 7 heteroatoms. The molecule has 110 valence electrons. The summed E-state index contributed by atoms with van der Waals surface area (Å²) in [4.78, 5) is 28.0. The summed E-state index contributed by atoms with van der Waals surface area (Å²) in [6.07, 6.45) is 2.25. The molecular formula is C13H19N3O4. The molecule has 0 atom stereocenters. The fourth-order valence-electron chi connectivity index (χ4n) is 1.89. The Balaban J connectivity index is 3.11. The van der Waals surface area contributed by atoms with Crippen molar-refractivity contribution in [2.24, 2.45) is 0 Å². The largest absolute Gasteiger partial charge is 0.465 e. The molecule has 1 aromatic heterocycles. The lowest BCUT2D eigenvalue weighted by molar-refractivity contribution is -0.384. The van der Waals surface area contributed by atoms with E-state index in [1.54, 1.807) is 24.8 Å². The number of pyridine rings is 1. The molecule has 0 amide bonds. The van der Waals surface area contributed by atoms with E-state index in [0.717, 1.165) is 6.42 Å². The Labute approximate surface area is 117 Å². The third-order valence-electron chi connectivity index (χ3n) is 2.71. The molecule has 0 aromatic carbocycles. The van der Waals surface area contributed by atoms with E-state index in [4.69, 9.17) is 4.74 Å². The highest BCUT2D eigenvalue weighted by Crippen LogP contribution is 2.28. The molecule has 0 N–H and O–H groups in total. The highest BCUT2D eigenvalue weighted by molar-refractivity contribution is 5.77. The van der Waals surface area contributed by atoms with E-state index in [9.17, 15) is 14.9 Å². The standard InChI is InChI=1S/C13H19N3O4/c1-4-8-15(9-11(17)20-5-2)13-12(16(18)19)10(3)6-7-14-13/h6-7H,4-5,8-9H2,1-3H3. The van der Waals surface area contributed by atoms with Crippen LogP contribution in [0.25, 0.3) is 0 Å². The van der Waals surface area contributed by atoms with Gasteiger partial charge in [-0.05, 0) is 26.3 Å². The first-order valence-corrected chi connectivity index (χ1v) is 6.51. The molecule has 0 aliphatic heterocycles. The fourth-order valence-corrected chi connectivity index (χ4v) is 1.89. The smallest absolute Gasteiger partial charge is 0.325 e. The molecule has 0 aliphatic carbocycles. The summed E-state index contributed by atoms with van der Waals surface area (Å²) >= 11 is 0. The van der Waals surface area contributed by atoms with E-state index in [2.05, 4.69) is 4.98 Å². The maximum absolute atomic E-state index is 11.6. The summed E-state index contributed by atoms with van der Waals surface area (Å²) in [5, 5.41) is 11.2. The number of carbonyl (C=O) groups is 1. The number of ether oxygens (including phenoxy) is 1. The number of esters is 1. The number of rotatable bonds is 7. The lowest BCUT2D eigenvalue weighted by Gasteiger charge is -2.22. The lowest BCUT2D eigenvalue weighted by atomic mass is 10.2. The lowest BCUT2D eigenvalue weighted by Crippen LogP contribution is -2.33. The first-order valence-electron chi connectivity index (χ1n) is 6.51. The normalized spacial score (nSPS) is 10.2. The molecule has 0 fully saturated rings. The molecule has 7 nitrogen and oxygen atoms in total. The van der Waals surface area contributed by atoms with Gasteiger partial charge in [-0.25, -0.2) is 4.98 Å². The minimum absolute atomic E-state index is 0.0427. The summed E-state index contributed by atoms with van der Waals surface area (Å²) in [5.41, 5.74) is 0.454. The van der Waals surface area contributed by atoms with Crippen LogP contribution in [0, 0.1) is 17.0 Å². The van der Waals surface area contributed by atoms with Gasteiger partial charge >= 0.3 is 11.7 Å². The van der Waals surface area contributed by atoms with Crippen LogP contribution in [0.1, 0.15) is 25.8 Å². The zero-order valence-electron chi connectivity index (χ0n) is 12.0. The van der Waals surface area contributed by atoms with Gasteiger partial charge in [0, 0.05) is 18.3 Å². The predicted octanol–water partition coefficient (Wildman–Crippen LogP) is 2.08. The van der Waals surface area contributed by atoms with E-state index in [-0.39, 0.29) is 24.7 Å². The predicted molar refractivity (Wildman–Crippen MR) is 74.8 cm³/mol. The van der Waals surface area contributed by atoms with Gasteiger partial charge in [0.05, 0.1) is 11.5 Å². The van der Waals surface area contributed by atoms with Crippen molar-refractivity contribution in [3.8, 4) is 0 Å². The van der Waals surface area contributed by atoms with Crippen LogP contribution in [0.5, 0.6) is 0 Å². The second-order valence-corrected chi connectivity index (χ2v) is 4.28. The van der Waals surface area contributed by atoms with Crippen LogP contribution >= 0.6 is 0 Å². The molecule has 0 saturated carbocycles. The van der Waals surface area contributed by atoms with Gasteiger partial charge in [0.15, 0.2) is 0 Å². The number of nitrogens with zero attached hydrogens (tertiary/aromatic N) is 3. The number of aryl methyl sites for hydroxylation is 1. The number of anilines is 1. The maximum Gasteiger partial charge on any atom is 0.325 e. The van der Waals surface area contributed by atoms with Crippen LogP contribution in [0.2, 0.25) is 0 Å². The zero-order valence-corrected chi connectivity index (χ0v) is 12.0. The van der Waals surface area contributed by atoms with Gasteiger partial charge in [0.1, 0.15) is 6.54 Å². The second-order valence-electron chi connectivity index (χ2n) is 4.28. The molecule has 1 rings (SSSR count). The zero-order chi connectivity index (χ0) is 15.1. The van der Waals surface area contributed by atoms with E-state index in [1.165, 1.54) is 6.20 Å². The van der Waals surface area contributed by atoms with Crippen molar-refractivity contribution in [2.45, 2.75) is 27.2 Å². The number of carbonyl (C=O) groups excluding carboxylic acids is 1. The van der Waals surface area contributed by atoms with Crippen molar-refractivity contribution in [3.63, 3.8) is 0 Å². The summed E-state index contributed by atoms with van der Waals surface area (Å²) in [5.74, 6) is -0.205. The molecular weight excluding hydrogens is 262 g/mol. The molecule has 0 saturated heterocycles. The van der Waals surface area contributed by atoms with Crippen molar-refractivity contribution >= 4 is 17.5 Å². The minimum Gasteiger partial charge on any atom is -0.465 e. The average molecular weight is 281 g/mol. The summed E-state index contributed by atoms with van der Waals surface area (Å²) in [6.45, 7) is 6.03. The Morgan fingerprint density at radius 1 is 1.50 bits per heavy atom. The molecule has 20 heavy (non-hydrogen) atoms. The van der Waals surface area contributed by atoms with Crippen LogP contribution in [0.3, 0.4) is 0 Å². The van der Waals surface area contributed by atoms with Crippen molar-refractivity contribution in [2.75, 3.05) is 24.6 Å². The molecule has 0 spiro atoms. The van der Waals surface area contributed by atoms with Gasteiger partial charge in [0.2, 0.25) is 5.82 Å². The Bertz CT molecular complexity index is 491. The molecule has 1 aromatic rings. The molecule has 0 bridgehead atoms. The highest BCUT2D eigenvalue weighted by atomic mass is 16.6. The Morgan fingerprint density at radius 2 is 2.20 bits per heavy atom. The van der Waals surface area contributed by atoms with Crippen molar-refractivity contribution in [1.29, 1.82) is 0 Å². The number of aromatic nitrogens is 1.